The lowest BCUT2D eigenvalue weighted by atomic mass is 9.94. The van der Waals surface area contributed by atoms with Crippen LogP contribution in [-0.4, -0.2) is 27.3 Å². The molecule has 1 aliphatic heterocycles. The average molecular weight is 375 g/mol. The number of hydrogen-bond donors (Lipinski definition) is 0. The van der Waals surface area contributed by atoms with Crippen LogP contribution in [0, 0.1) is 5.82 Å². The van der Waals surface area contributed by atoms with Crippen molar-refractivity contribution in [3.8, 4) is 11.4 Å². The van der Waals surface area contributed by atoms with E-state index in [0.717, 1.165) is 28.8 Å². The van der Waals surface area contributed by atoms with E-state index in [-0.39, 0.29) is 17.6 Å². The fourth-order valence-electron chi connectivity index (χ4n) is 3.70. The molecule has 2 heterocycles. The molecule has 0 spiro atoms. The summed E-state index contributed by atoms with van der Waals surface area (Å²) in [7, 11) is 0. The van der Waals surface area contributed by atoms with Gasteiger partial charge in [0.15, 0.2) is 5.82 Å². The first-order valence-electron chi connectivity index (χ1n) is 9.60. The van der Waals surface area contributed by atoms with Gasteiger partial charge in [-0.1, -0.05) is 37.3 Å². The minimum absolute atomic E-state index is 0.123. The first kappa shape index (κ1) is 18.3. The molecule has 1 aromatic heterocycles. The topological polar surface area (TPSA) is 46.1 Å². The van der Waals surface area contributed by atoms with Crippen molar-refractivity contribution in [1.82, 2.24) is 14.9 Å². The van der Waals surface area contributed by atoms with Gasteiger partial charge < -0.3 is 4.90 Å². The maximum Gasteiger partial charge on any atom is 0.230 e. The van der Waals surface area contributed by atoms with E-state index in [0.29, 0.717) is 25.3 Å². The quantitative estimate of drug-likeness (QED) is 0.681. The van der Waals surface area contributed by atoms with Gasteiger partial charge in [-0.05, 0) is 36.2 Å². The van der Waals surface area contributed by atoms with Gasteiger partial charge in [-0.25, -0.2) is 14.4 Å². The maximum atomic E-state index is 13.1. The molecule has 0 fully saturated rings. The highest BCUT2D eigenvalue weighted by Crippen LogP contribution is 2.26. The van der Waals surface area contributed by atoms with Crippen LogP contribution in [0.5, 0.6) is 0 Å². The summed E-state index contributed by atoms with van der Waals surface area (Å²) in [4.78, 5) is 24.1. The Morgan fingerprint density at radius 2 is 1.89 bits per heavy atom. The zero-order valence-corrected chi connectivity index (χ0v) is 15.8. The van der Waals surface area contributed by atoms with Crippen LogP contribution < -0.4 is 0 Å². The Morgan fingerprint density at radius 3 is 2.61 bits per heavy atom. The SMILES string of the molecule is CC[C@H](C(=O)N1CCc2nc(-c3ccc(F)cc3)ncc2C1)c1ccccc1. The lowest BCUT2D eigenvalue weighted by Crippen LogP contribution is -2.39. The Hall–Kier alpha value is -3.08. The summed E-state index contributed by atoms with van der Waals surface area (Å²) in [5.74, 6) is 0.345. The summed E-state index contributed by atoms with van der Waals surface area (Å²) in [5.41, 5.74) is 3.79. The Kier molecular flexibility index (Phi) is 5.15. The van der Waals surface area contributed by atoms with Gasteiger partial charge in [0.1, 0.15) is 5.82 Å². The number of rotatable bonds is 4. The number of fused-ring (bicyclic) bond motifs is 1. The molecule has 1 atom stereocenters. The van der Waals surface area contributed by atoms with E-state index in [1.165, 1.54) is 12.1 Å². The number of hydrogen-bond acceptors (Lipinski definition) is 3. The van der Waals surface area contributed by atoms with Crippen molar-refractivity contribution >= 4 is 5.91 Å². The minimum atomic E-state index is -0.278. The maximum absolute atomic E-state index is 13.1. The summed E-state index contributed by atoms with van der Waals surface area (Å²) in [6, 6.07) is 16.1. The molecule has 5 heteroatoms. The van der Waals surface area contributed by atoms with Gasteiger partial charge >= 0.3 is 0 Å². The third-order valence-corrected chi connectivity index (χ3v) is 5.26. The van der Waals surface area contributed by atoms with Crippen LogP contribution in [0.2, 0.25) is 0 Å². The van der Waals surface area contributed by atoms with Crippen LogP contribution in [0.15, 0.2) is 60.8 Å². The first-order valence-corrected chi connectivity index (χ1v) is 9.60. The molecule has 0 unspecified atom stereocenters. The summed E-state index contributed by atoms with van der Waals surface area (Å²) >= 11 is 0. The monoisotopic (exact) mass is 375 g/mol. The molecule has 3 aromatic rings. The van der Waals surface area contributed by atoms with Crippen LogP contribution in [0.4, 0.5) is 4.39 Å². The van der Waals surface area contributed by atoms with E-state index in [4.69, 9.17) is 0 Å². The zero-order valence-electron chi connectivity index (χ0n) is 15.8. The lowest BCUT2D eigenvalue weighted by molar-refractivity contribution is -0.133. The average Bonchev–Trinajstić information content (AvgIpc) is 2.75. The van der Waals surface area contributed by atoms with Gasteiger partial charge in [-0.15, -0.1) is 0 Å². The fraction of sp³-hybridized carbons (Fsp3) is 0.261. The Morgan fingerprint density at radius 1 is 1.14 bits per heavy atom. The van der Waals surface area contributed by atoms with Crippen molar-refractivity contribution in [2.24, 2.45) is 0 Å². The van der Waals surface area contributed by atoms with Gasteiger partial charge in [0.25, 0.3) is 0 Å². The van der Waals surface area contributed by atoms with Crippen LogP contribution in [0.1, 0.15) is 36.1 Å². The smallest absolute Gasteiger partial charge is 0.230 e. The van der Waals surface area contributed by atoms with Gasteiger partial charge in [-0.3, -0.25) is 4.79 Å². The Labute approximate surface area is 164 Å². The van der Waals surface area contributed by atoms with Crippen molar-refractivity contribution in [3.05, 3.63) is 83.4 Å². The van der Waals surface area contributed by atoms with E-state index < -0.39 is 0 Å². The highest BCUT2D eigenvalue weighted by Gasteiger charge is 2.28. The number of carbonyl (C=O) groups excluding carboxylic acids is 1. The predicted octanol–water partition coefficient (Wildman–Crippen LogP) is 4.36. The molecule has 1 aliphatic rings. The largest absolute Gasteiger partial charge is 0.337 e. The second-order valence-electron chi connectivity index (χ2n) is 7.05. The molecule has 0 saturated carbocycles. The highest BCUT2D eigenvalue weighted by atomic mass is 19.1. The van der Waals surface area contributed by atoms with Crippen molar-refractivity contribution in [2.75, 3.05) is 6.54 Å². The number of nitrogens with zero attached hydrogens (tertiary/aromatic N) is 3. The number of benzene rings is 2. The highest BCUT2D eigenvalue weighted by molar-refractivity contribution is 5.84. The standard InChI is InChI=1S/C23H22FN3O/c1-2-20(16-6-4-3-5-7-16)23(28)27-13-12-21-18(15-27)14-25-22(26-21)17-8-10-19(24)11-9-17/h3-11,14,20H,2,12-13,15H2,1H3/t20-/m0/s1. The molecule has 2 aromatic carbocycles. The number of amides is 1. The Balaban J connectivity index is 1.53. The molecule has 28 heavy (non-hydrogen) atoms. The molecule has 4 rings (SSSR count). The molecule has 0 N–H and O–H groups in total. The number of halogens is 1. The summed E-state index contributed by atoms with van der Waals surface area (Å²) in [6.07, 6.45) is 3.26. The summed E-state index contributed by atoms with van der Waals surface area (Å²) in [6.45, 7) is 3.22. The second-order valence-corrected chi connectivity index (χ2v) is 7.05. The van der Waals surface area contributed by atoms with E-state index in [2.05, 4.69) is 9.97 Å². The predicted molar refractivity (Wildman–Crippen MR) is 106 cm³/mol. The first-order chi connectivity index (χ1) is 13.7. The number of carbonyl (C=O) groups is 1. The molecule has 0 radical (unpaired) electrons. The molecule has 0 saturated heterocycles. The Bertz CT molecular complexity index is 973. The fourth-order valence-corrected chi connectivity index (χ4v) is 3.70. The minimum Gasteiger partial charge on any atom is -0.337 e. The molecule has 142 valence electrons. The third-order valence-electron chi connectivity index (χ3n) is 5.26. The molecule has 4 nitrogen and oxygen atoms in total. The van der Waals surface area contributed by atoms with E-state index in [9.17, 15) is 9.18 Å². The van der Waals surface area contributed by atoms with Crippen molar-refractivity contribution < 1.29 is 9.18 Å². The van der Waals surface area contributed by atoms with Crippen LogP contribution in [0.25, 0.3) is 11.4 Å². The van der Waals surface area contributed by atoms with Crippen LogP contribution in [0.3, 0.4) is 0 Å². The summed E-state index contributed by atoms with van der Waals surface area (Å²) in [5, 5.41) is 0. The van der Waals surface area contributed by atoms with Gasteiger partial charge in [0.05, 0.1) is 11.6 Å². The lowest BCUT2D eigenvalue weighted by Gasteiger charge is -2.31. The normalized spacial score (nSPS) is 14.4. The molecular formula is C23H22FN3O. The molecule has 0 aliphatic carbocycles. The second kappa shape index (κ2) is 7.89. The van der Waals surface area contributed by atoms with Crippen molar-refractivity contribution in [1.29, 1.82) is 0 Å². The van der Waals surface area contributed by atoms with Gasteiger partial charge in [0.2, 0.25) is 5.91 Å². The van der Waals surface area contributed by atoms with Gasteiger partial charge in [-0.2, -0.15) is 0 Å². The van der Waals surface area contributed by atoms with E-state index >= 15 is 0 Å². The third kappa shape index (κ3) is 3.65. The van der Waals surface area contributed by atoms with E-state index in [1.54, 1.807) is 18.3 Å². The zero-order chi connectivity index (χ0) is 19.5. The van der Waals surface area contributed by atoms with Gasteiger partial charge in [0, 0.05) is 36.8 Å². The summed E-state index contributed by atoms with van der Waals surface area (Å²) < 4.78 is 13.1. The van der Waals surface area contributed by atoms with Crippen LogP contribution >= 0.6 is 0 Å². The molecule has 0 bridgehead atoms. The van der Waals surface area contributed by atoms with Crippen molar-refractivity contribution in [2.45, 2.75) is 32.2 Å². The van der Waals surface area contributed by atoms with Crippen LogP contribution in [-0.2, 0) is 17.8 Å². The molecule has 1 amide bonds. The molecular weight excluding hydrogens is 353 g/mol. The van der Waals surface area contributed by atoms with E-state index in [1.807, 2.05) is 42.2 Å². The van der Waals surface area contributed by atoms with Crippen molar-refractivity contribution in [3.63, 3.8) is 0 Å². The number of aromatic nitrogens is 2.